The lowest BCUT2D eigenvalue weighted by Crippen LogP contribution is -2.12. The number of sulfonamides is 1. The second kappa shape index (κ2) is 4.89. The molecule has 6 heteroatoms. The monoisotopic (exact) mass is 226 g/mol. The van der Waals surface area contributed by atoms with Crippen molar-refractivity contribution >= 4 is 10.0 Å². The number of hydrogen-bond acceptors (Lipinski definition) is 4. The zero-order valence-electron chi connectivity index (χ0n) is 7.84. The summed E-state index contributed by atoms with van der Waals surface area (Å²) >= 11 is 0. The van der Waals surface area contributed by atoms with Crippen LogP contribution in [0.3, 0.4) is 0 Å². The van der Waals surface area contributed by atoms with Gasteiger partial charge in [-0.1, -0.05) is 11.8 Å². The van der Waals surface area contributed by atoms with Gasteiger partial charge in [-0.2, -0.15) is 0 Å². The topological polar surface area (TPSA) is 93.3 Å². The molecular weight excluding hydrogens is 216 g/mol. The van der Waals surface area contributed by atoms with E-state index in [2.05, 4.69) is 16.8 Å². The van der Waals surface area contributed by atoms with Crippen molar-refractivity contribution in [2.75, 3.05) is 6.61 Å². The van der Waals surface area contributed by atoms with Gasteiger partial charge in [0.25, 0.3) is 0 Å². The van der Waals surface area contributed by atoms with Crippen LogP contribution in [0, 0.1) is 11.8 Å². The van der Waals surface area contributed by atoms with E-state index in [4.69, 9.17) is 10.2 Å². The van der Waals surface area contributed by atoms with Crippen LogP contribution in [-0.2, 0) is 10.0 Å². The molecule has 1 heterocycles. The van der Waals surface area contributed by atoms with Crippen LogP contribution < -0.4 is 5.14 Å². The Balaban J connectivity index is 3.00. The smallest absolute Gasteiger partial charge is 0.239 e. The number of rotatable bonds is 2. The van der Waals surface area contributed by atoms with Gasteiger partial charge in [0.15, 0.2) is 0 Å². The van der Waals surface area contributed by atoms with Crippen LogP contribution in [0.5, 0.6) is 0 Å². The van der Waals surface area contributed by atoms with Crippen LogP contribution in [0.4, 0.5) is 0 Å². The minimum Gasteiger partial charge on any atom is -0.395 e. The average molecular weight is 226 g/mol. The zero-order chi connectivity index (χ0) is 11.3. The summed E-state index contributed by atoms with van der Waals surface area (Å²) in [6.45, 7) is -0.0324. The number of aromatic nitrogens is 1. The van der Waals surface area contributed by atoms with Crippen molar-refractivity contribution in [3.63, 3.8) is 0 Å². The Labute approximate surface area is 88.0 Å². The van der Waals surface area contributed by atoms with Crippen LogP contribution in [0.25, 0.3) is 0 Å². The van der Waals surface area contributed by atoms with Gasteiger partial charge < -0.3 is 5.11 Å². The normalized spacial score (nSPS) is 10.5. The summed E-state index contributed by atoms with van der Waals surface area (Å²) in [5.41, 5.74) is 0.454. The first-order chi connectivity index (χ1) is 7.04. The number of primary sulfonamides is 1. The van der Waals surface area contributed by atoms with Crippen molar-refractivity contribution in [1.82, 2.24) is 4.98 Å². The van der Waals surface area contributed by atoms with Crippen LogP contribution in [0.1, 0.15) is 12.0 Å². The molecule has 0 unspecified atom stereocenters. The molecule has 0 aliphatic carbocycles. The molecule has 1 rings (SSSR count). The third-order valence-electron chi connectivity index (χ3n) is 1.51. The highest BCUT2D eigenvalue weighted by Crippen LogP contribution is 2.06. The highest BCUT2D eigenvalue weighted by atomic mass is 32.2. The van der Waals surface area contributed by atoms with Crippen LogP contribution >= 0.6 is 0 Å². The van der Waals surface area contributed by atoms with Gasteiger partial charge in [-0.15, -0.1) is 0 Å². The zero-order valence-corrected chi connectivity index (χ0v) is 8.66. The summed E-state index contributed by atoms with van der Waals surface area (Å²) in [4.78, 5) is 3.63. The fraction of sp³-hybridized carbons (Fsp3) is 0.222. The van der Waals surface area contributed by atoms with Crippen LogP contribution in [0.2, 0.25) is 0 Å². The van der Waals surface area contributed by atoms with Crippen molar-refractivity contribution in [3.8, 4) is 11.8 Å². The predicted octanol–water partition coefficient (Wildman–Crippen LogP) is -0.537. The van der Waals surface area contributed by atoms with E-state index in [0.29, 0.717) is 12.0 Å². The van der Waals surface area contributed by atoms with E-state index in [1.165, 1.54) is 12.3 Å². The lowest BCUT2D eigenvalue weighted by Gasteiger charge is -1.96. The Morgan fingerprint density at radius 2 is 2.20 bits per heavy atom. The van der Waals surface area contributed by atoms with E-state index in [-0.39, 0.29) is 11.5 Å². The van der Waals surface area contributed by atoms with Crippen molar-refractivity contribution in [1.29, 1.82) is 0 Å². The van der Waals surface area contributed by atoms with Crippen LogP contribution in [-0.4, -0.2) is 25.1 Å². The van der Waals surface area contributed by atoms with Gasteiger partial charge in [-0.05, 0) is 6.07 Å². The van der Waals surface area contributed by atoms with E-state index < -0.39 is 10.0 Å². The molecule has 0 spiro atoms. The molecule has 1 aromatic heterocycles. The predicted molar refractivity (Wildman–Crippen MR) is 54.2 cm³/mol. The van der Waals surface area contributed by atoms with Gasteiger partial charge in [0.05, 0.1) is 6.61 Å². The molecule has 1 aromatic rings. The second-order valence-corrected chi connectivity index (χ2v) is 4.29. The average Bonchev–Trinajstić information content (AvgIpc) is 2.17. The minimum absolute atomic E-state index is 0.0324. The van der Waals surface area contributed by atoms with Gasteiger partial charge in [0.2, 0.25) is 10.0 Å². The van der Waals surface area contributed by atoms with Gasteiger partial charge in [0.1, 0.15) is 4.90 Å². The Bertz CT molecular complexity index is 500. The molecule has 0 aliphatic rings. The first-order valence-corrected chi connectivity index (χ1v) is 5.66. The Hall–Kier alpha value is -1.42. The summed E-state index contributed by atoms with van der Waals surface area (Å²) < 4.78 is 21.9. The van der Waals surface area contributed by atoms with E-state index in [9.17, 15) is 8.42 Å². The van der Waals surface area contributed by atoms with E-state index in [1.54, 1.807) is 0 Å². The molecular formula is C9H10N2O3S. The minimum atomic E-state index is -3.74. The van der Waals surface area contributed by atoms with Crippen molar-refractivity contribution in [3.05, 3.63) is 24.0 Å². The number of pyridine rings is 1. The fourth-order valence-corrected chi connectivity index (χ4v) is 1.36. The summed E-state index contributed by atoms with van der Waals surface area (Å²) in [5, 5.41) is 13.4. The summed E-state index contributed by atoms with van der Waals surface area (Å²) in [6.07, 6.45) is 2.92. The molecule has 15 heavy (non-hydrogen) atoms. The van der Waals surface area contributed by atoms with E-state index >= 15 is 0 Å². The lowest BCUT2D eigenvalue weighted by atomic mass is 10.3. The maximum atomic E-state index is 11.0. The van der Waals surface area contributed by atoms with Crippen molar-refractivity contribution in [2.45, 2.75) is 11.3 Å². The third kappa shape index (κ3) is 3.67. The molecule has 0 aromatic carbocycles. The highest BCUT2D eigenvalue weighted by Gasteiger charge is 2.07. The Morgan fingerprint density at radius 1 is 1.47 bits per heavy atom. The Kier molecular flexibility index (Phi) is 3.80. The second-order valence-electron chi connectivity index (χ2n) is 2.73. The molecule has 0 aliphatic heterocycles. The van der Waals surface area contributed by atoms with Gasteiger partial charge in [-0.3, -0.25) is 4.98 Å². The fourth-order valence-electron chi connectivity index (χ4n) is 0.863. The van der Waals surface area contributed by atoms with E-state index in [1.807, 2.05) is 0 Å². The first kappa shape index (κ1) is 11.7. The van der Waals surface area contributed by atoms with Crippen molar-refractivity contribution < 1.29 is 13.5 Å². The molecule has 80 valence electrons. The molecule has 0 atom stereocenters. The first-order valence-electron chi connectivity index (χ1n) is 4.11. The quantitative estimate of drug-likeness (QED) is 0.662. The van der Waals surface area contributed by atoms with Crippen molar-refractivity contribution in [2.24, 2.45) is 5.14 Å². The maximum absolute atomic E-state index is 11.0. The number of hydrogen-bond donors (Lipinski definition) is 2. The molecule has 3 N–H and O–H groups in total. The molecule has 0 saturated heterocycles. The third-order valence-corrected chi connectivity index (χ3v) is 2.39. The van der Waals surface area contributed by atoms with Gasteiger partial charge in [0, 0.05) is 24.4 Å². The summed E-state index contributed by atoms with van der Waals surface area (Å²) in [6, 6.07) is 1.34. The van der Waals surface area contributed by atoms with Gasteiger partial charge >= 0.3 is 0 Å². The number of nitrogens with zero attached hydrogens (tertiary/aromatic N) is 1. The molecule has 0 radical (unpaired) electrons. The molecule has 0 saturated carbocycles. The Morgan fingerprint density at radius 3 is 2.80 bits per heavy atom. The molecule has 5 nitrogen and oxygen atoms in total. The summed E-state index contributed by atoms with van der Waals surface area (Å²) in [7, 11) is -3.74. The molecule has 0 fully saturated rings. The number of nitrogens with two attached hydrogens (primary N) is 1. The molecule has 0 amide bonds. The maximum Gasteiger partial charge on any atom is 0.239 e. The van der Waals surface area contributed by atoms with E-state index in [0.717, 1.165) is 6.20 Å². The largest absolute Gasteiger partial charge is 0.395 e. The van der Waals surface area contributed by atoms with Crippen LogP contribution in [0.15, 0.2) is 23.4 Å². The lowest BCUT2D eigenvalue weighted by molar-refractivity contribution is 0.305. The van der Waals surface area contributed by atoms with Gasteiger partial charge in [-0.25, -0.2) is 13.6 Å². The number of aliphatic hydroxyl groups is 1. The standard InChI is InChI=1S/C9H10N2O3S/c10-15(13,14)9-5-8(6-11-7-9)3-1-2-4-12/h5-7,12H,2,4H2,(H2,10,13,14). The summed E-state index contributed by atoms with van der Waals surface area (Å²) in [5.74, 6) is 5.32. The SMILES string of the molecule is NS(=O)(=O)c1cncc(C#CCCO)c1. The highest BCUT2D eigenvalue weighted by molar-refractivity contribution is 7.89. The number of aliphatic hydroxyl groups excluding tert-OH is 1. The molecule has 0 bridgehead atoms.